The Morgan fingerprint density at radius 1 is 0.741 bits per heavy atom. The van der Waals surface area contributed by atoms with Crippen LogP contribution in [0.3, 0.4) is 0 Å². The third-order valence-corrected chi connectivity index (χ3v) is 5.14. The Balaban J connectivity index is 1.75. The van der Waals surface area contributed by atoms with Crippen LogP contribution in [-0.4, -0.2) is 18.9 Å². The zero-order valence-corrected chi connectivity index (χ0v) is 14.6. The van der Waals surface area contributed by atoms with Crippen molar-refractivity contribution < 1.29 is 14.3 Å². The minimum Gasteiger partial charge on any atom is -0.497 e. The molecule has 0 saturated carbocycles. The highest BCUT2D eigenvalue weighted by Crippen LogP contribution is 2.46. The molecule has 5 nitrogen and oxygen atoms in total. The van der Waals surface area contributed by atoms with E-state index in [-0.39, 0.29) is 11.8 Å². The number of carbonyl (C=O) groups excluding carboxylic acids is 2. The number of hydrogen-bond donors (Lipinski definition) is 0. The minimum absolute atomic E-state index is 0.0888. The van der Waals surface area contributed by atoms with Crippen molar-refractivity contribution in [2.75, 3.05) is 16.9 Å². The van der Waals surface area contributed by atoms with Crippen LogP contribution < -0.4 is 14.5 Å². The van der Waals surface area contributed by atoms with Crippen molar-refractivity contribution in [1.82, 2.24) is 0 Å². The van der Waals surface area contributed by atoms with E-state index in [1.54, 1.807) is 23.0 Å². The largest absolute Gasteiger partial charge is 0.497 e. The highest BCUT2D eigenvalue weighted by molar-refractivity contribution is 6.21. The summed E-state index contributed by atoms with van der Waals surface area (Å²) in [7, 11) is 1.60. The maximum absolute atomic E-state index is 13.4. The number of methoxy groups -OCH3 is 1. The molecular weight excluding hydrogens is 340 g/mol. The number of fused-ring (bicyclic) bond motifs is 5. The van der Waals surface area contributed by atoms with E-state index < -0.39 is 6.17 Å². The number of hydrogen-bond acceptors (Lipinski definition) is 3. The van der Waals surface area contributed by atoms with Gasteiger partial charge in [-0.3, -0.25) is 19.4 Å². The monoisotopic (exact) mass is 356 g/mol. The van der Waals surface area contributed by atoms with Gasteiger partial charge in [0.2, 0.25) is 0 Å². The summed E-state index contributed by atoms with van der Waals surface area (Å²) in [5, 5.41) is 0. The van der Waals surface area contributed by atoms with Gasteiger partial charge in [-0.05, 0) is 42.5 Å². The fraction of sp³-hybridized carbons (Fsp3) is 0.0909. The van der Waals surface area contributed by atoms with Crippen LogP contribution in [-0.2, 0) is 0 Å². The van der Waals surface area contributed by atoms with Crippen LogP contribution in [0.1, 0.15) is 32.4 Å². The Hall–Kier alpha value is -3.60. The molecule has 0 bridgehead atoms. The second-order valence-corrected chi connectivity index (χ2v) is 6.53. The van der Waals surface area contributed by atoms with Crippen molar-refractivity contribution in [3.8, 4) is 5.75 Å². The van der Waals surface area contributed by atoms with Crippen molar-refractivity contribution in [2.45, 2.75) is 6.17 Å². The molecular formula is C22H16N2O3. The summed E-state index contributed by atoms with van der Waals surface area (Å²) in [6.07, 6.45) is -0.496. The second-order valence-electron chi connectivity index (χ2n) is 6.53. The number of anilines is 2. The van der Waals surface area contributed by atoms with Gasteiger partial charge in [0, 0.05) is 16.8 Å². The smallest absolute Gasteiger partial charge is 0.262 e. The maximum Gasteiger partial charge on any atom is 0.262 e. The highest BCUT2D eigenvalue weighted by atomic mass is 16.5. The molecule has 5 heteroatoms. The number of para-hydroxylation sites is 1. The number of carbonyl (C=O) groups is 2. The minimum atomic E-state index is -0.496. The van der Waals surface area contributed by atoms with Crippen LogP contribution >= 0.6 is 0 Å². The van der Waals surface area contributed by atoms with Gasteiger partial charge in [0.1, 0.15) is 11.9 Å². The van der Waals surface area contributed by atoms with E-state index in [4.69, 9.17) is 4.74 Å². The number of ether oxygens (including phenoxy) is 1. The number of rotatable bonds is 2. The Morgan fingerprint density at radius 3 is 2.11 bits per heavy atom. The van der Waals surface area contributed by atoms with Crippen LogP contribution in [0, 0.1) is 0 Å². The summed E-state index contributed by atoms with van der Waals surface area (Å²) in [5.74, 6) is 0.499. The van der Waals surface area contributed by atoms with Gasteiger partial charge in [0.15, 0.2) is 0 Å². The van der Waals surface area contributed by atoms with Gasteiger partial charge in [-0.1, -0.05) is 30.3 Å². The molecule has 132 valence electrons. The lowest BCUT2D eigenvalue weighted by atomic mass is 10.0. The van der Waals surface area contributed by atoms with Gasteiger partial charge in [-0.2, -0.15) is 0 Å². The molecule has 0 aliphatic carbocycles. The van der Waals surface area contributed by atoms with E-state index in [1.165, 1.54) is 0 Å². The molecule has 2 aliphatic rings. The van der Waals surface area contributed by atoms with Crippen LogP contribution in [0.5, 0.6) is 5.75 Å². The zero-order chi connectivity index (χ0) is 18.5. The number of nitrogens with zero attached hydrogens (tertiary/aromatic N) is 2. The molecule has 0 radical (unpaired) electrons. The molecule has 5 rings (SSSR count). The maximum atomic E-state index is 13.4. The van der Waals surface area contributed by atoms with Gasteiger partial charge in [0.05, 0.1) is 18.4 Å². The average molecular weight is 356 g/mol. The van der Waals surface area contributed by atoms with Crippen molar-refractivity contribution in [1.29, 1.82) is 0 Å². The van der Waals surface area contributed by atoms with E-state index >= 15 is 0 Å². The summed E-state index contributed by atoms with van der Waals surface area (Å²) >= 11 is 0. The molecule has 0 saturated heterocycles. The summed E-state index contributed by atoms with van der Waals surface area (Å²) in [4.78, 5) is 29.9. The summed E-state index contributed by atoms with van der Waals surface area (Å²) in [6.45, 7) is 0. The van der Waals surface area contributed by atoms with Crippen molar-refractivity contribution in [3.05, 3.63) is 89.5 Å². The number of amides is 2. The molecule has 0 spiro atoms. The Kier molecular flexibility index (Phi) is 3.31. The fourth-order valence-corrected chi connectivity index (χ4v) is 3.90. The molecule has 0 N–H and O–H groups in total. The normalized spacial score (nSPS) is 17.4. The van der Waals surface area contributed by atoms with E-state index in [9.17, 15) is 9.59 Å². The Bertz CT molecular complexity index is 1070. The molecule has 1 atom stereocenters. The summed E-state index contributed by atoms with van der Waals surface area (Å²) in [5.41, 5.74) is 3.35. The zero-order valence-electron chi connectivity index (χ0n) is 14.6. The lowest BCUT2D eigenvalue weighted by Crippen LogP contribution is -2.48. The molecule has 3 aromatic carbocycles. The van der Waals surface area contributed by atoms with Gasteiger partial charge in [0.25, 0.3) is 11.8 Å². The lowest BCUT2D eigenvalue weighted by molar-refractivity contribution is 0.0949. The molecule has 0 aromatic heterocycles. The van der Waals surface area contributed by atoms with E-state index in [1.807, 2.05) is 66.7 Å². The van der Waals surface area contributed by atoms with Crippen LogP contribution in [0.25, 0.3) is 0 Å². The van der Waals surface area contributed by atoms with Gasteiger partial charge in [-0.15, -0.1) is 0 Å². The lowest BCUT2D eigenvalue weighted by Gasteiger charge is -2.40. The molecule has 2 heterocycles. The molecule has 2 aliphatic heterocycles. The Labute approximate surface area is 156 Å². The molecule has 2 amide bonds. The SMILES string of the molecule is COc1ccc(N2C(=O)c3ccccc3N3C(=O)c4ccccc4[C@H]23)cc1. The first-order chi connectivity index (χ1) is 13.2. The molecule has 0 unspecified atom stereocenters. The topological polar surface area (TPSA) is 49.9 Å². The first-order valence-electron chi connectivity index (χ1n) is 8.70. The van der Waals surface area contributed by atoms with Crippen LogP contribution in [0.2, 0.25) is 0 Å². The summed E-state index contributed by atoms with van der Waals surface area (Å²) in [6, 6.07) is 22.0. The van der Waals surface area contributed by atoms with E-state index in [0.29, 0.717) is 22.6 Å². The summed E-state index contributed by atoms with van der Waals surface area (Å²) < 4.78 is 5.23. The molecule has 0 fully saturated rings. The van der Waals surface area contributed by atoms with Crippen LogP contribution in [0.4, 0.5) is 11.4 Å². The molecule has 27 heavy (non-hydrogen) atoms. The van der Waals surface area contributed by atoms with Crippen molar-refractivity contribution in [3.63, 3.8) is 0 Å². The highest BCUT2D eigenvalue weighted by Gasteiger charge is 2.48. The quantitative estimate of drug-likeness (QED) is 0.697. The Morgan fingerprint density at radius 2 is 1.37 bits per heavy atom. The van der Waals surface area contributed by atoms with Crippen LogP contribution in [0.15, 0.2) is 72.8 Å². The first-order valence-corrected chi connectivity index (χ1v) is 8.70. The van der Waals surface area contributed by atoms with Gasteiger partial charge >= 0.3 is 0 Å². The van der Waals surface area contributed by atoms with Crippen molar-refractivity contribution >= 4 is 23.2 Å². The average Bonchev–Trinajstić information content (AvgIpc) is 3.02. The van der Waals surface area contributed by atoms with Gasteiger partial charge in [-0.25, -0.2) is 0 Å². The predicted octanol–water partition coefficient (Wildman–Crippen LogP) is 4.01. The fourth-order valence-electron chi connectivity index (χ4n) is 3.90. The first kappa shape index (κ1) is 15.6. The van der Waals surface area contributed by atoms with E-state index in [0.717, 1.165) is 11.3 Å². The third kappa shape index (κ3) is 2.11. The number of benzene rings is 3. The second kappa shape index (κ2) is 5.71. The predicted molar refractivity (Wildman–Crippen MR) is 102 cm³/mol. The standard InChI is InChI=1S/C22H16N2O3/c1-27-15-12-10-14(11-13-15)23-20-16-6-2-3-7-17(16)21(25)24(20)19-9-5-4-8-18(19)22(23)26/h2-13,20H,1H3/t20-/m1/s1. The van der Waals surface area contributed by atoms with Gasteiger partial charge < -0.3 is 4.74 Å². The van der Waals surface area contributed by atoms with Crippen molar-refractivity contribution in [2.24, 2.45) is 0 Å². The van der Waals surface area contributed by atoms with E-state index in [2.05, 4.69) is 0 Å². The third-order valence-electron chi connectivity index (χ3n) is 5.14. The molecule has 3 aromatic rings.